The minimum Gasteiger partial charge on any atom is -0.457 e. The van der Waals surface area contributed by atoms with Crippen LogP contribution in [-0.2, 0) is 6.54 Å². The highest BCUT2D eigenvalue weighted by Crippen LogP contribution is 2.28. The van der Waals surface area contributed by atoms with Crippen LogP contribution in [0, 0.1) is 0 Å². The number of hydrogen-bond donors (Lipinski definition) is 1. The molecule has 0 aliphatic heterocycles. The lowest BCUT2D eigenvalue weighted by Crippen LogP contribution is -1.97. The van der Waals surface area contributed by atoms with Crippen molar-refractivity contribution in [3.05, 3.63) is 58.1 Å². The van der Waals surface area contributed by atoms with E-state index >= 15 is 0 Å². The van der Waals surface area contributed by atoms with Gasteiger partial charge in [-0.05, 0) is 41.3 Å². The van der Waals surface area contributed by atoms with Gasteiger partial charge < -0.3 is 10.5 Å². The van der Waals surface area contributed by atoms with Crippen LogP contribution in [0.5, 0.6) is 11.5 Å². The minimum absolute atomic E-state index is 0.495. The van der Waals surface area contributed by atoms with Gasteiger partial charge in [-0.3, -0.25) is 0 Å². The predicted octanol–water partition coefficient (Wildman–Crippen LogP) is 4.82. The molecule has 2 N–H and O–H groups in total. The largest absolute Gasteiger partial charge is 0.457 e. The fraction of sp³-hybridized carbons (Fsp3) is 0.250. The summed E-state index contributed by atoms with van der Waals surface area (Å²) in [7, 11) is 0. The maximum absolute atomic E-state index is 5.88. The standard InChI is InChI=1S/C16H18BrNO/c1-11(2)12-4-3-5-14(8-12)19-15-7-6-13(10-18)16(17)9-15/h3-9,11H,10,18H2,1-2H3. The third-order valence-corrected chi connectivity index (χ3v) is 3.74. The van der Waals surface area contributed by atoms with Crippen molar-refractivity contribution in [2.45, 2.75) is 26.3 Å². The van der Waals surface area contributed by atoms with Crippen LogP contribution in [0.4, 0.5) is 0 Å². The van der Waals surface area contributed by atoms with Gasteiger partial charge in [-0.15, -0.1) is 0 Å². The van der Waals surface area contributed by atoms with Crippen LogP contribution in [0.25, 0.3) is 0 Å². The molecule has 2 aromatic rings. The summed E-state index contributed by atoms with van der Waals surface area (Å²) in [4.78, 5) is 0. The highest BCUT2D eigenvalue weighted by Gasteiger charge is 2.04. The number of rotatable bonds is 4. The average molecular weight is 320 g/mol. The van der Waals surface area contributed by atoms with Crippen LogP contribution in [0.1, 0.15) is 30.9 Å². The molecule has 0 radical (unpaired) electrons. The van der Waals surface area contributed by atoms with Crippen molar-refractivity contribution >= 4 is 15.9 Å². The lowest BCUT2D eigenvalue weighted by Gasteiger charge is -2.11. The topological polar surface area (TPSA) is 35.2 Å². The molecule has 0 unspecified atom stereocenters. The number of ether oxygens (including phenoxy) is 1. The second-order valence-corrected chi connectivity index (χ2v) is 5.64. The van der Waals surface area contributed by atoms with E-state index < -0.39 is 0 Å². The Morgan fingerprint density at radius 1 is 1.11 bits per heavy atom. The van der Waals surface area contributed by atoms with Crippen LogP contribution < -0.4 is 10.5 Å². The van der Waals surface area contributed by atoms with Crippen LogP contribution in [-0.4, -0.2) is 0 Å². The zero-order chi connectivity index (χ0) is 13.8. The van der Waals surface area contributed by atoms with Crippen molar-refractivity contribution in [2.75, 3.05) is 0 Å². The summed E-state index contributed by atoms with van der Waals surface area (Å²) in [5, 5.41) is 0. The van der Waals surface area contributed by atoms with Gasteiger partial charge in [0.1, 0.15) is 11.5 Å². The maximum atomic E-state index is 5.88. The summed E-state index contributed by atoms with van der Waals surface area (Å²) in [6, 6.07) is 14.1. The van der Waals surface area contributed by atoms with E-state index in [4.69, 9.17) is 10.5 Å². The first-order chi connectivity index (χ1) is 9.10. The van der Waals surface area contributed by atoms with Gasteiger partial charge in [-0.25, -0.2) is 0 Å². The molecule has 2 rings (SSSR count). The zero-order valence-corrected chi connectivity index (χ0v) is 12.8. The van der Waals surface area contributed by atoms with Gasteiger partial charge in [0.05, 0.1) is 0 Å². The normalized spacial score (nSPS) is 10.8. The van der Waals surface area contributed by atoms with Gasteiger partial charge in [0, 0.05) is 11.0 Å². The molecule has 0 saturated heterocycles. The molecule has 19 heavy (non-hydrogen) atoms. The van der Waals surface area contributed by atoms with Crippen molar-refractivity contribution < 1.29 is 4.74 Å². The Labute approximate surface area is 122 Å². The Bertz CT molecular complexity index is 566. The molecule has 100 valence electrons. The van der Waals surface area contributed by atoms with Gasteiger partial charge >= 0.3 is 0 Å². The molecule has 0 atom stereocenters. The molecule has 0 saturated carbocycles. The van der Waals surface area contributed by atoms with Crippen molar-refractivity contribution in [3.8, 4) is 11.5 Å². The summed E-state index contributed by atoms with van der Waals surface area (Å²) in [5.74, 6) is 2.17. The molecule has 0 bridgehead atoms. The Kier molecular flexibility index (Phi) is 4.61. The molecule has 0 spiro atoms. The van der Waals surface area contributed by atoms with Gasteiger partial charge in [0.2, 0.25) is 0 Å². The fourth-order valence-electron chi connectivity index (χ4n) is 1.83. The first-order valence-corrected chi connectivity index (χ1v) is 7.15. The molecule has 0 aromatic heterocycles. The lowest BCUT2D eigenvalue weighted by atomic mass is 10.0. The summed E-state index contributed by atoms with van der Waals surface area (Å²) >= 11 is 3.50. The molecule has 0 aliphatic rings. The van der Waals surface area contributed by atoms with E-state index in [9.17, 15) is 0 Å². The van der Waals surface area contributed by atoms with E-state index in [1.54, 1.807) is 0 Å². The fourth-order valence-corrected chi connectivity index (χ4v) is 2.35. The molecule has 3 heteroatoms. The van der Waals surface area contributed by atoms with Crippen LogP contribution >= 0.6 is 15.9 Å². The SMILES string of the molecule is CC(C)c1cccc(Oc2ccc(CN)c(Br)c2)c1. The highest BCUT2D eigenvalue weighted by atomic mass is 79.9. The van der Waals surface area contributed by atoms with Crippen molar-refractivity contribution in [2.24, 2.45) is 5.73 Å². The van der Waals surface area contributed by atoms with Crippen molar-refractivity contribution in [1.29, 1.82) is 0 Å². The smallest absolute Gasteiger partial charge is 0.128 e. The Hall–Kier alpha value is -1.32. The third-order valence-electron chi connectivity index (χ3n) is 3.00. The second-order valence-electron chi connectivity index (χ2n) is 4.79. The molecule has 0 fully saturated rings. The zero-order valence-electron chi connectivity index (χ0n) is 11.2. The van der Waals surface area contributed by atoms with E-state index in [1.807, 2.05) is 30.3 Å². The second kappa shape index (κ2) is 6.22. The summed E-state index contributed by atoms with van der Waals surface area (Å²) in [6.45, 7) is 4.86. The predicted molar refractivity (Wildman–Crippen MR) is 82.6 cm³/mol. The number of hydrogen-bond acceptors (Lipinski definition) is 2. The van der Waals surface area contributed by atoms with E-state index in [-0.39, 0.29) is 0 Å². The van der Waals surface area contributed by atoms with E-state index in [1.165, 1.54) is 5.56 Å². The minimum atomic E-state index is 0.495. The first kappa shape index (κ1) is 14.1. The maximum Gasteiger partial charge on any atom is 0.128 e. The molecular formula is C16H18BrNO. The first-order valence-electron chi connectivity index (χ1n) is 6.36. The molecule has 2 aromatic carbocycles. The Morgan fingerprint density at radius 3 is 2.47 bits per heavy atom. The van der Waals surface area contributed by atoms with Gasteiger partial charge in [0.15, 0.2) is 0 Å². The van der Waals surface area contributed by atoms with Crippen LogP contribution in [0.15, 0.2) is 46.9 Å². The molecule has 0 heterocycles. The van der Waals surface area contributed by atoms with Gasteiger partial charge in [-0.2, -0.15) is 0 Å². The molecular weight excluding hydrogens is 302 g/mol. The van der Waals surface area contributed by atoms with Gasteiger partial charge in [-0.1, -0.05) is 48.0 Å². The highest BCUT2D eigenvalue weighted by molar-refractivity contribution is 9.10. The number of benzene rings is 2. The molecule has 0 aliphatic carbocycles. The number of halogens is 1. The van der Waals surface area contributed by atoms with Crippen molar-refractivity contribution in [1.82, 2.24) is 0 Å². The third kappa shape index (κ3) is 3.58. The van der Waals surface area contributed by atoms with E-state index in [2.05, 4.69) is 41.9 Å². The average Bonchev–Trinajstić information content (AvgIpc) is 2.39. The number of nitrogens with two attached hydrogens (primary N) is 1. The van der Waals surface area contributed by atoms with Crippen LogP contribution in [0.2, 0.25) is 0 Å². The van der Waals surface area contributed by atoms with Crippen molar-refractivity contribution in [3.63, 3.8) is 0 Å². The van der Waals surface area contributed by atoms with Crippen LogP contribution in [0.3, 0.4) is 0 Å². The van der Waals surface area contributed by atoms with E-state index in [0.717, 1.165) is 21.5 Å². The van der Waals surface area contributed by atoms with E-state index in [0.29, 0.717) is 12.5 Å². The quantitative estimate of drug-likeness (QED) is 0.876. The Balaban J connectivity index is 2.21. The lowest BCUT2D eigenvalue weighted by molar-refractivity contribution is 0.481. The molecule has 2 nitrogen and oxygen atoms in total. The summed E-state index contributed by atoms with van der Waals surface area (Å²) in [6.07, 6.45) is 0. The Morgan fingerprint density at radius 2 is 1.84 bits per heavy atom. The summed E-state index contributed by atoms with van der Waals surface area (Å²) in [5.41, 5.74) is 7.98. The molecule has 0 amide bonds. The monoisotopic (exact) mass is 319 g/mol. The van der Waals surface area contributed by atoms with Gasteiger partial charge in [0.25, 0.3) is 0 Å². The summed E-state index contributed by atoms with van der Waals surface area (Å²) < 4.78 is 6.86.